The number of amides is 1. The molecular weight excluding hydrogens is 257 g/mol. The van der Waals surface area contributed by atoms with Crippen LogP contribution in [0.15, 0.2) is 18.2 Å². The van der Waals surface area contributed by atoms with Crippen LogP contribution in [-0.2, 0) is 4.79 Å². The Balaban J connectivity index is 1.98. The smallest absolute Gasteiger partial charge is 0.242 e. The van der Waals surface area contributed by atoms with Crippen LogP contribution in [0.1, 0.15) is 38.2 Å². The molecular formula is C15H18FN3O. The monoisotopic (exact) mass is 275 g/mol. The van der Waals surface area contributed by atoms with Gasteiger partial charge in [0.1, 0.15) is 17.9 Å². The second-order valence-electron chi connectivity index (χ2n) is 5.16. The minimum absolute atomic E-state index is 0.0925. The van der Waals surface area contributed by atoms with Gasteiger partial charge in [0.15, 0.2) is 0 Å². The molecule has 1 amide bonds. The largest absolute Gasteiger partial charge is 0.373 e. The number of halogens is 1. The van der Waals surface area contributed by atoms with Gasteiger partial charge in [-0.1, -0.05) is 12.8 Å². The van der Waals surface area contributed by atoms with E-state index in [9.17, 15) is 9.18 Å². The fourth-order valence-electron chi connectivity index (χ4n) is 2.43. The van der Waals surface area contributed by atoms with Crippen molar-refractivity contribution in [1.29, 1.82) is 5.26 Å². The van der Waals surface area contributed by atoms with Gasteiger partial charge in [0.05, 0.1) is 11.3 Å². The number of nitrogens with one attached hydrogen (secondary N) is 2. The van der Waals surface area contributed by atoms with Gasteiger partial charge in [-0.05, 0) is 38.0 Å². The van der Waals surface area contributed by atoms with Gasteiger partial charge < -0.3 is 10.6 Å². The second kappa shape index (κ2) is 6.38. The summed E-state index contributed by atoms with van der Waals surface area (Å²) in [5, 5.41) is 14.9. The summed E-state index contributed by atoms with van der Waals surface area (Å²) in [6, 6.07) is 5.62. The fraction of sp³-hybridized carbons (Fsp3) is 0.467. The van der Waals surface area contributed by atoms with Crippen LogP contribution < -0.4 is 10.6 Å². The Morgan fingerprint density at radius 1 is 1.45 bits per heavy atom. The van der Waals surface area contributed by atoms with Crippen LogP contribution >= 0.6 is 0 Å². The van der Waals surface area contributed by atoms with E-state index in [-0.39, 0.29) is 17.5 Å². The Kier molecular flexibility index (Phi) is 4.57. The van der Waals surface area contributed by atoms with Gasteiger partial charge in [0.25, 0.3) is 0 Å². The third-order valence-electron chi connectivity index (χ3n) is 3.57. The lowest BCUT2D eigenvalue weighted by Crippen LogP contribution is -2.42. The number of hydrogen-bond acceptors (Lipinski definition) is 3. The number of anilines is 1. The SMILES string of the molecule is CC(Nc1ccc(F)cc1C#N)C(=O)NC1CCCC1. The van der Waals surface area contributed by atoms with E-state index < -0.39 is 11.9 Å². The van der Waals surface area contributed by atoms with Crippen molar-refractivity contribution in [2.24, 2.45) is 0 Å². The topological polar surface area (TPSA) is 64.9 Å². The summed E-state index contributed by atoms with van der Waals surface area (Å²) < 4.78 is 13.0. The molecule has 0 aromatic heterocycles. The molecule has 0 heterocycles. The summed E-state index contributed by atoms with van der Waals surface area (Å²) in [5.41, 5.74) is 0.675. The van der Waals surface area contributed by atoms with Gasteiger partial charge in [0.2, 0.25) is 5.91 Å². The summed E-state index contributed by atoms with van der Waals surface area (Å²) in [7, 11) is 0. The molecule has 0 spiro atoms. The van der Waals surface area contributed by atoms with Crippen LogP contribution in [0.4, 0.5) is 10.1 Å². The maximum atomic E-state index is 13.0. The molecule has 0 saturated heterocycles. The Hall–Kier alpha value is -2.09. The number of carbonyl (C=O) groups excluding carboxylic acids is 1. The van der Waals surface area contributed by atoms with E-state index in [0.29, 0.717) is 5.69 Å². The maximum Gasteiger partial charge on any atom is 0.242 e. The van der Waals surface area contributed by atoms with E-state index in [1.807, 2.05) is 6.07 Å². The van der Waals surface area contributed by atoms with Crippen molar-refractivity contribution >= 4 is 11.6 Å². The zero-order valence-electron chi connectivity index (χ0n) is 11.4. The van der Waals surface area contributed by atoms with E-state index in [2.05, 4.69) is 10.6 Å². The fourth-order valence-corrected chi connectivity index (χ4v) is 2.43. The molecule has 1 atom stereocenters. The van der Waals surface area contributed by atoms with Crippen molar-refractivity contribution in [2.45, 2.75) is 44.7 Å². The van der Waals surface area contributed by atoms with Crippen LogP contribution in [0.5, 0.6) is 0 Å². The highest BCUT2D eigenvalue weighted by Crippen LogP contribution is 2.19. The molecule has 106 valence electrons. The lowest BCUT2D eigenvalue weighted by Gasteiger charge is -2.19. The summed E-state index contributed by atoms with van der Waals surface area (Å²) in [6.45, 7) is 1.73. The standard InChI is InChI=1S/C15H18FN3O/c1-10(15(20)19-13-4-2-3-5-13)18-14-7-6-12(16)8-11(14)9-17/h6-8,10,13,18H,2-5H2,1H3,(H,19,20). The molecule has 1 aromatic carbocycles. The number of hydrogen-bond donors (Lipinski definition) is 2. The van der Waals surface area contributed by atoms with E-state index in [1.54, 1.807) is 6.92 Å². The van der Waals surface area contributed by atoms with Gasteiger partial charge in [-0.25, -0.2) is 4.39 Å². The molecule has 1 saturated carbocycles. The van der Waals surface area contributed by atoms with Crippen LogP contribution in [0, 0.1) is 17.1 Å². The zero-order chi connectivity index (χ0) is 14.5. The summed E-state index contributed by atoms with van der Waals surface area (Å²) in [6.07, 6.45) is 4.36. The lowest BCUT2D eigenvalue weighted by molar-refractivity contribution is -0.122. The predicted octanol–water partition coefficient (Wildman–Crippen LogP) is 2.56. The molecule has 1 aromatic rings. The third-order valence-corrected chi connectivity index (χ3v) is 3.57. The molecule has 2 N–H and O–H groups in total. The lowest BCUT2D eigenvalue weighted by atomic mass is 10.1. The minimum atomic E-state index is -0.465. The Morgan fingerprint density at radius 2 is 2.15 bits per heavy atom. The maximum absolute atomic E-state index is 13.0. The number of nitriles is 1. The van der Waals surface area contributed by atoms with Crippen molar-refractivity contribution in [3.05, 3.63) is 29.6 Å². The van der Waals surface area contributed by atoms with E-state index >= 15 is 0 Å². The average molecular weight is 275 g/mol. The summed E-state index contributed by atoms with van der Waals surface area (Å²) >= 11 is 0. The molecule has 4 nitrogen and oxygen atoms in total. The van der Waals surface area contributed by atoms with Crippen molar-refractivity contribution in [3.63, 3.8) is 0 Å². The van der Waals surface area contributed by atoms with Crippen LogP contribution in [-0.4, -0.2) is 18.0 Å². The van der Waals surface area contributed by atoms with Crippen LogP contribution in [0.2, 0.25) is 0 Å². The van der Waals surface area contributed by atoms with Crippen LogP contribution in [0.3, 0.4) is 0 Å². The van der Waals surface area contributed by atoms with Crippen molar-refractivity contribution in [3.8, 4) is 6.07 Å². The summed E-state index contributed by atoms with van der Waals surface area (Å²) in [5.74, 6) is -0.555. The Morgan fingerprint density at radius 3 is 2.80 bits per heavy atom. The molecule has 0 bridgehead atoms. The second-order valence-corrected chi connectivity index (χ2v) is 5.16. The third kappa shape index (κ3) is 3.47. The van der Waals surface area contributed by atoms with Gasteiger partial charge in [0, 0.05) is 6.04 Å². The Labute approximate surface area is 118 Å². The molecule has 1 aliphatic rings. The number of carbonyl (C=O) groups is 1. The molecule has 2 rings (SSSR count). The predicted molar refractivity (Wildman–Crippen MR) is 74.6 cm³/mol. The Bertz CT molecular complexity index is 532. The molecule has 0 radical (unpaired) electrons. The highest BCUT2D eigenvalue weighted by molar-refractivity contribution is 5.84. The first-order valence-electron chi connectivity index (χ1n) is 6.86. The summed E-state index contributed by atoms with van der Waals surface area (Å²) in [4.78, 5) is 12.0. The zero-order valence-corrected chi connectivity index (χ0v) is 11.4. The normalized spacial score (nSPS) is 16.4. The van der Waals surface area contributed by atoms with Gasteiger partial charge in [-0.2, -0.15) is 5.26 Å². The number of benzene rings is 1. The molecule has 1 aliphatic carbocycles. The quantitative estimate of drug-likeness (QED) is 0.887. The van der Waals surface area contributed by atoms with Crippen LogP contribution in [0.25, 0.3) is 0 Å². The van der Waals surface area contributed by atoms with Gasteiger partial charge in [-0.3, -0.25) is 4.79 Å². The first kappa shape index (κ1) is 14.3. The first-order valence-corrected chi connectivity index (χ1v) is 6.86. The highest BCUT2D eigenvalue weighted by Gasteiger charge is 2.21. The first-order chi connectivity index (χ1) is 9.60. The molecule has 1 unspecified atom stereocenters. The van der Waals surface area contributed by atoms with E-state index in [4.69, 9.17) is 5.26 Å². The molecule has 5 heteroatoms. The van der Waals surface area contributed by atoms with Crippen molar-refractivity contribution in [2.75, 3.05) is 5.32 Å². The van der Waals surface area contributed by atoms with Crippen molar-refractivity contribution < 1.29 is 9.18 Å². The average Bonchev–Trinajstić information content (AvgIpc) is 2.93. The molecule has 20 heavy (non-hydrogen) atoms. The van der Waals surface area contributed by atoms with Gasteiger partial charge >= 0.3 is 0 Å². The van der Waals surface area contributed by atoms with E-state index in [0.717, 1.165) is 31.7 Å². The molecule has 0 aliphatic heterocycles. The highest BCUT2D eigenvalue weighted by atomic mass is 19.1. The molecule has 1 fully saturated rings. The van der Waals surface area contributed by atoms with E-state index in [1.165, 1.54) is 12.1 Å². The minimum Gasteiger partial charge on any atom is -0.373 e. The number of nitrogens with zero attached hydrogens (tertiary/aromatic N) is 1. The van der Waals surface area contributed by atoms with Gasteiger partial charge in [-0.15, -0.1) is 0 Å². The van der Waals surface area contributed by atoms with Crippen molar-refractivity contribution in [1.82, 2.24) is 5.32 Å². The number of rotatable bonds is 4.